The Kier molecular flexibility index (Phi) is 3.26. The van der Waals surface area contributed by atoms with E-state index in [1.165, 1.54) is 5.69 Å². The molecule has 0 bridgehead atoms. The van der Waals surface area contributed by atoms with E-state index in [9.17, 15) is 0 Å². The van der Waals surface area contributed by atoms with E-state index in [0.717, 1.165) is 24.2 Å². The van der Waals surface area contributed by atoms with Crippen molar-refractivity contribution in [3.05, 3.63) is 22.9 Å². The van der Waals surface area contributed by atoms with Crippen molar-refractivity contribution in [1.29, 1.82) is 0 Å². The van der Waals surface area contributed by atoms with Gasteiger partial charge in [-0.2, -0.15) is 0 Å². The second-order valence-electron chi connectivity index (χ2n) is 4.14. The summed E-state index contributed by atoms with van der Waals surface area (Å²) in [6.45, 7) is 5.59. The molecule has 0 spiro atoms. The molecule has 2 rings (SSSR count). The summed E-state index contributed by atoms with van der Waals surface area (Å²) in [6.07, 6.45) is 1.94. The molecular formula is C11H16BrN3. The smallest absolute Gasteiger partial charge is 0.106 e. The first-order chi connectivity index (χ1) is 7.16. The fraction of sp³-hybridized carbons (Fsp3) is 0.545. The van der Waals surface area contributed by atoms with Crippen molar-refractivity contribution in [2.75, 3.05) is 31.6 Å². The van der Waals surface area contributed by atoms with Crippen molar-refractivity contribution in [2.24, 2.45) is 0 Å². The van der Waals surface area contributed by atoms with E-state index < -0.39 is 0 Å². The number of pyridine rings is 1. The number of likely N-dealkylation sites (N-methyl/N-ethyl adjacent to an activating group) is 1. The van der Waals surface area contributed by atoms with E-state index in [1.807, 2.05) is 12.3 Å². The summed E-state index contributed by atoms with van der Waals surface area (Å²) in [7, 11) is 2.17. The minimum atomic E-state index is 0.562. The third kappa shape index (κ3) is 2.49. The van der Waals surface area contributed by atoms with Gasteiger partial charge < -0.3 is 9.80 Å². The molecule has 0 N–H and O–H groups in total. The van der Waals surface area contributed by atoms with Crippen molar-refractivity contribution >= 4 is 21.6 Å². The van der Waals surface area contributed by atoms with Crippen LogP contribution in [0.2, 0.25) is 0 Å². The average molecular weight is 270 g/mol. The van der Waals surface area contributed by atoms with Crippen LogP contribution in [0.25, 0.3) is 0 Å². The maximum absolute atomic E-state index is 4.27. The van der Waals surface area contributed by atoms with Gasteiger partial charge in [-0.25, -0.2) is 4.98 Å². The topological polar surface area (TPSA) is 19.4 Å². The van der Waals surface area contributed by atoms with Crippen LogP contribution in [0, 0.1) is 0 Å². The largest absolute Gasteiger partial charge is 0.365 e. The van der Waals surface area contributed by atoms with Crippen molar-refractivity contribution in [3.63, 3.8) is 0 Å². The standard InChI is InChI=1S/C11H16BrN3/c1-9-8-14(2)5-6-15(9)10-3-4-11(12)13-7-10/h3-4,7,9H,5-6,8H2,1-2H3/t9-/m1/s1. The lowest BCUT2D eigenvalue weighted by Gasteiger charge is -2.39. The molecule has 0 amide bonds. The van der Waals surface area contributed by atoms with Crippen LogP contribution >= 0.6 is 15.9 Å². The van der Waals surface area contributed by atoms with Crippen molar-refractivity contribution in [2.45, 2.75) is 13.0 Å². The van der Waals surface area contributed by atoms with E-state index in [4.69, 9.17) is 0 Å². The summed E-state index contributed by atoms with van der Waals surface area (Å²) in [4.78, 5) is 9.05. The zero-order chi connectivity index (χ0) is 10.8. The highest BCUT2D eigenvalue weighted by molar-refractivity contribution is 9.10. The molecule has 0 unspecified atom stereocenters. The lowest BCUT2D eigenvalue weighted by atomic mass is 10.2. The fourth-order valence-electron chi connectivity index (χ4n) is 2.06. The number of halogens is 1. The predicted molar refractivity (Wildman–Crippen MR) is 66.2 cm³/mol. The molecule has 1 saturated heterocycles. The van der Waals surface area contributed by atoms with Gasteiger partial charge in [0.05, 0.1) is 11.9 Å². The van der Waals surface area contributed by atoms with Crippen LogP contribution in [0.1, 0.15) is 6.92 Å². The van der Waals surface area contributed by atoms with Gasteiger partial charge in [0.15, 0.2) is 0 Å². The molecule has 0 saturated carbocycles. The summed E-state index contributed by atoms with van der Waals surface area (Å²) in [5.41, 5.74) is 1.22. The number of anilines is 1. The predicted octanol–water partition coefficient (Wildman–Crippen LogP) is 1.98. The zero-order valence-corrected chi connectivity index (χ0v) is 10.7. The highest BCUT2D eigenvalue weighted by atomic mass is 79.9. The van der Waals surface area contributed by atoms with E-state index in [-0.39, 0.29) is 0 Å². The van der Waals surface area contributed by atoms with Crippen molar-refractivity contribution < 1.29 is 0 Å². The molecule has 1 atom stereocenters. The van der Waals surface area contributed by atoms with E-state index in [0.29, 0.717) is 6.04 Å². The Labute approximate surface area is 99.2 Å². The van der Waals surface area contributed by atoms with Crippen LogP contribution in [0.4, 0.5) is 5.69 Å². The number of rotatable bonds is 1. The normalized spacial score (nSPS) is 23.1. The lowest BCUT2D eigenvalue weighted by Crippen LogP contribution is -2.50. The highest BCUT2D eigenvalue weighted by Gasteiger charge is 2.21. The Morgan fingerprint density at radius 1 is 1.40 bits per heavy atom. The molecule has 3 nitrogen and oxygen atoms in total. The average Bonchev–Trinajstić information content (AvgIpc) is 2.20. The van der Waals surface area contributed by atoms with Gasteiger partial charge in [0, 0.05) is 25.7 Å². The number of hydrogen-bond donors (Lipinski definition) is 0. The Hall–Kier alpha value is -0.610. The molecule has 2 heterocycles. The summed E-state index contributed by atoms with van der Waals surface area (Å²) >= 11 is 3.36. The van der Waals surface area contributed by atoms with Gasteiger partial charge in [-0.15, -0.1) is 0 Å². The first-order valence-corrected chi connectivity index (χ1v) is 6.03. The molecule has 1 aliphatic heterocycles. The molecule has 0 radical (unpaired) electrons. The third-order valence-corrected chi connectivity index (χ3v) is 3.34. The number of hydrogen-bond acceptors (Lipinski definition) is 3. The van der Waals surface area contributed by atoms with Gasteiger partial charge in [-0.05, 0) is 42.0 Å². The fourth-order valence-corrected chi connectivity index (χ4v) is 2.30. The van der Waals surface area contributed by atoms with E-state index >= 15 is 0 Å². The Morgan fingerprint density at radius 3 is 2.80 bits per heavy atom. The van der Waals surface area contributed by atoms with E-state index in [1.54, 1.807) is 0 Å². The molecule has 1 aromatic heterocycles. The Morgan fingerprint density at radius 2 is 2.20 bits per heavy atom. The van der Waals surface area contributed by atoms with Crippen LogP contribution in [0.3, 0.4) is 0 Å². The van der Waals surface area contributed by atoms with Crippen molar-refractivity contribution in [3.8, 4) is 0 Å². The monoisotopic (exact) mass is 269 g/mol. The summed E-state index contributed by atoms with van der Waals surface area (Å²) in [6, 6.07) is 4.69. The molecule has 1 aliphatic rings. The number of aromatic nitrogens is 1. The number of piperazine rings is 1. The van der Waals surface area contributed by atoms with Crippen LogP contribution in [-0.4, -0.2) is 42.6 Å². The molecule has 1 fully saturated rings. The second kappa shape index (κ2) is 4.49. The quantitative estimate of drug-likeness (QED) is 0.727. The molecule has 82 valence electrons. The highest BCUT2D eigenvalue weighted by Crippen LogP contribution is 2.20. The van der Waals surface area contributed by atoms with Gasteiger partial charge >= 0.3 is 0 Å². The zero-order valence-electron chi connectivity index (χ0n) is 9.15. The third-order valence-electron chi connectivity index (χ3n) is 2.87. The maximum atomic E-state index is 4.27. The van der Waals surface area contributed by atoms with Crippen LogP contribution < -0.4 is 4.90 Å². The maximum Gasteiger partial charge on any atom is 0.106 e. The Balaban J connectivity index is 2.13. The minimum absolute atomic E-state index is 0.562. The summed E-state index contributed by atoms with van der Waals surface area (Å²) in [5, 5.41) is 0. The van der Waals surface area contributed by atoms with Gasteiger partial charge in [0.25, 0.3) is 0 Å². The summed E-state index contributed by atoms with van der Waals surface area (Å²) < 4.78 is 0.896. The van der Waals surface area contributed by atoms with Crippen LogP contribution in [-0.2, 0) is 0 Å². The first-order valence-electron chi connectivity index (χ1n) is 5.23. The molecule has 15 heavy (non-hydrogen) atoms. The van der Waals surface area contributed by atoms with Gasteiger partial charge in [0.1, 0.15) is 4.60 Å². The van der Waals surface area contributed by atoms with E-state index in [2.05, 4.69) is 50.8 Å². The van der Waals surface area contributed by atoms with Gasteiger partial charge in [-0.3, -0.25) is 0 Å². The second-order valence-corrected chi connectivity index (χ2v) is 4.96. The lowest BCUT2D eigenvalue weighted by molar-refractivity contribution is 0.275. The minimum Gasteiger partial charge on any atom is -0.365 e. The van der Waals surface area contributed by atoms with Crippen molar-refractivity contribution in [1.82, 2.24) is 9.88 Å². The Bertz CT molecular complexity index is 325. The molecule has 0 aliphatic carbocycles. The molecule has 4 heteroatoms. The molecule has 1 aromatic rings. The summed E-state index contributed by atoms with van der Waals surface area (Å²) in [5.74, 6) is 0. The van der Waals surface area contributed by atoms with Crippen LogP contribution in [0.5, 0.6) is 0 Å². The first kappa shape index (κ1) is 10.9. The SMILES string of the molecule is C[C@@H]1CN(C)CCN1c1ccc(Br)nc1. The molecular weight excluding hydrogens is 254 g/mol. The van der Waals surface area contributed by atoms with Gasteiger partial charge in [-0.1, -0.05) is 0 Å². The van der Waals surface area contributed by atoms with Crippen LogP contribution in [0.15, 0.2) is 22.9 Å². The number of nitrogens with zero attached hydrogens (tertiary/aromatic N) is 3. The molecule has 0 aromatic carbocycles. The van der Waals surface area contributed by atoms with Gasteiger partial charge in [0.2, 0.25) is 0 Å².